The first kappa shape index (κ1) is 35.7. The Labute approximate surface area is 298 Å². The van der Waals surface area contributed by atoms with E-state index in [0.717, 1.165) is 63.4 Å². The maximum Gasteiger partial charge on any atom is 0.331 e. The number of benzene rings is 1. The zero-order valence-electron chi connectivity index (χ0n) is 30.4. The van der Waals surface area contributed by atoms with Crippen molar-refractivity contribution in [1.29, 1.82) is 0 Å². The van der Waals surface area contributed by atoms with Crippen LogP contribution in [0.3, 0.4) is 0 Å². The van der Waals surface area contributed by atoms with Crippen LogP contribution < -0.4 is 10.9 Å². The van der Waals surface area contributed by atoms with E-state index in [4.69, 9.17) is 9.47 Å². The van der Waals surface area contributed by atoms with Crippen LogP contribution in [0.4, 0.5) is 0 Å². The number of esters is 2. The fraction of sp³-hybridized carbons (Fsp3) is 0.714. The summed E-state index contributed by atoms with van der Waals surface area (Å²) in [7, 11) is 0. The predicted molar refractivity (Wildman–Crippen MR) is 191 cm³/mol. The number of rotatable bonds is 11. The molecule has 272 valence electrons. The fourth-order valence-electron chi connectivity index (χ4n) is 12.1. The van der Waals surface area contributed by atoms with Crippen molar-refractivity contribution in [3.8, 4) is 11.8 Å². The van der Waals surface area contributed by atoms with E-state index < -0.39 is 28.3 Å². The van der Waals surface area contributed by atoms with Crippen molar-refractivity contribution in [2.45, 2.75) is 147 Å². The largest absolute Gasteiger partial charge is 0.458 e. The normalized spacial score (nSPS) is 41.1. The number of ether oxygens (including phenoxy) is 2. The Morgan fingerprint density at radius 1 is 1.04 bits per heavy atom. The van der Waals surface area contributed by atoms with Crippen LogP contribution in [-0.4, -0.2) is 52.2 Å². The zero-order valence-corrected chi connectivity index (χ0v) is 30.4. The molecule has 50 heavy (non-hydrogen) atoms. The number of hydrogen-bond acceptors (Lipinski definition) is 8. The number of carbonyl (C=O) groups is 2. The van der Waals surface area contributed by atoms with Crippen molar-refractivity contribution < 1.29 is 29.3 Å². The van der Waals surface area contributed by atoms with Gasteiger partial charge in [-0.15, -0.1) is 5.92 Å². The van der Waals surface area contributed by atoms with Gasteiger partial charge in [0, 0.05) is 36.3 Å². The molecule has 3 heterocycles. The topological polar surface area (TPSA) is 117 Å². The van der Waals surface area contributed by atoms with E-state index >= 15 is 0 Å². The van der Waals surface area contributed by atoms with Crippen molar-refractivity contribution >= 4 is 11.9 Å². The molecule has 1 aromatic rings. The van der Waals surface area contributed by atoms with Crippen LogP contribution in [0.5, 0.6) is 0 Å². The number of aliphatic hydroxyl groups excluding tert-OH is 1. The second kappa shape index (κ2) is 13.7. The highest BCUT2D eigenvalue weighted by Crippen LogP contribution is 2.74. The van der Waals surface area contributed by atoms with Gasteiger partial charge in [0.15, 0.2) is 5.72 Å². The maximum atomic E-state index is 13.9. The summed E-state index contributed by atoms with van der Waals surface area (Å²) in [6.45, 7) is 6.95. The standard InChI is InChI=1S/C42H58N2O6/c1-29(12-9-16-30-14-5-4-6-15-30)13-11-23-40-34(45)21-24-39(3)32-17-10-18-33(32)43-44-41(37(39)40)28-38(2,22-8-7-19-35(46)50-41)42(40,48)25-20-31-26-36(47)49-27-31/h4-6,14-15,26,29,32-34,37,43-45,48H,7,9-13,16-21,23-25,27-28H2,1-3H3. The zero-order chi connectivity index (χ0) is 35.2. The minimum atomic E-state index is -1.44. The minimum absolute atomic E-state index is 0.184. The van der Waals surface area contributed by atoms with Gasteiger partial charge in [-0.3, -0.25) is 10.2 Å². The SMILES string of the molecule is CC(CCCc1ccccc1)CCCC12C(O)CCC3(C)C4CCCC4NNC4(CC(C)(C#CCCC(=O)O4)C1(O)CCC1=CC(=O)OC1)C32. The Bertz CT molecular complexity index is 1540. The lowest BCUT2D eigenvalue weighted by molar-refractivity contribution is -0.342. The van der Waals surface area contributed by atoms with Crippen LogP contribution in [0, 0.1) is 45.8 Å². The van der Waals surface area contributed by atoms with E-state index in [2.05, 4.69) is 66.9 Å². The Morgan fingerprint density at radius 2 is 1.84 bits per heavy atom. The highest BCUT2D eigenvalue weighted by molar-refractivity contribution is 5.85. The maximum absolute atomic E-state index is 13.9. The van der Waals surface area contributed by atoms with Crippen LogP contribution >= 0.6 is 0 Å². The van der Waals surface area contributed by atoms with Gasteiger partial charge in [0.25, 0.3) is 0 Å². The summed E-state index contributed by atoms with van der Waals surface area (Å²) in [5, 5.41) is 26.6. The molecule has 4 N–H and O–H groups in total. The first-order valence-corrected chi connectivity index (χ1v) is 19.5. The van der Waals surface area contributed by atoms with E-state index in [1.807, 2.05) is 6.92 Å². The third-order valence-corrected chi connectivity index (χ3v) is 14.3. The van der Waals surface area contributed by atoms with Crippen molar-refractivity contribution in [2.24, 2.45) is 34.0 Å². The number of nitrogens with one attached hydrogen (secondary N) is 2. The molecule has 10 unspecified atom stereocenters. The molecule has 7 rings (SSSR count). The van der Waals surface area contributed by atoms with Gasteiger partial charge in [0.1, 0.15) is 6.61 Å². The highest BCUT2D eigenvalue weighted by Gasteiger charge is 2.80. The number of aryl methyl sites for hydroxylation is 1. The van der Waals surface area contributed by atoms with Crippen molar-refractivity contribution in [3.63, 3.8) is 0 Å². The third-order valence-electron chi connectivity index (χ3n) is 14.3. The van der Waals surface area contributed by atoms with Gasteiger partial charge in [-0.05, 0) is 93.1 Å². The number of hydrogen-bond donors (Lipinski definition) is 4. The van der Waals surface area contributed by atoms with E-state index in [1.165, 1.54) is 5.56 Å². The Morgan fingerprint density at radius 3 is 2.62 bits per heavy atom. The number of fused-ring (bicyclic) bond motifs is 3. The number of carbonyl (C=O) groups excluding carboxylic acids is 2. The average molecular weight is 687 g/mol. The van der Waals surface area contributed by atoms with Crippen LogP contribution in [-0.2, 0) is 25.5 Å². The fourth-order valence-corrected chi connectivity index (χ4v) is 12.1. The van der Waals surface area contributed by atoms with Gasteiger partial charge in [-0.1, -0.05) is 75.8 Å². The van der Waals surface area contributed by atoms with Gasteiger partial charge >= 0.3 is 11.9 Å². The first-order valence-electron chi connectivity index (χ1n) is 19.5. The second-order valence-electron chi connectivity index (χ2n) is 17.3. The first-order chi connectivity index (χ1) is 23.9. The molecule has 10 atom stereocenters. The van der Waals surface area contributed by atoms with E-state index in [1.54, 1.807) is 6.08 Å². The lowest BCUT2D eigenvalue weighted by Crippen LogP contribution is -2.81. The average Bonchev–Trinajstić information content (AvgIpc) is 3.74. The molecule has 1 aromatic carbocycles. The predicted octanol–water partition coefficient (Wildman–Crippen LogP) is 6.30. The molecule has 1 saturated heterocycles. The summed E-state index contributed by atoms with van der Waals surface area (Å²) in [6, 6.07) is 10.9. The molecular weight excluding hydrogens is 628 g/mol. The van der Waals surface area contributed by atoms with Crippen molar-refractivity contribution in [2.75, 3.05) is 6.61 Å². The molecule has 8 heteroatoms. The van der Waals surface area contributed by atoms with Crippen LogP contribution in [0.2, 0.25) is 0 Å². The van der Waals surface area contributed by atoms with Gasteiger partial charge in [0.2, 0.25) is 0 Å². The molecule has 3 aliphatic carbocycles. The quantitative estimate of drug-likeness (QED) is 0.159. The van der Waals surface area contributed by atoms with Crippen molar-refractivity contribution in [3.05, 3.63) is 47.5 Å². The van der Waals surface area contributed by atoms with Gasteiger partial charge in [-0.2, -0.15) is 0 Å². The minimum Gasteiger partial charge on any atom is -0.458 e. The molecule has 0 radical (unpaired) electrons. The van der Waals surface area contributed by atoms with Gasteiger partial charge in [-0.25, -0.2) is 10.2 Å². The van der Waals surface area contributed by atoms with Gasteiger partial charge < -0.3 is 19.7 Å². The lowest BCUT2D eigenvalue weighted by Gasteiger charge is -2.72. The van der Waals surface area contributed by atoms with Crippen molar-refractivity contribution in [1.82, 2.24) is 10.9 Å². The van der Waals surface area contributed by atoms with Crippen LogP contribution in [0.25, 0.3) is 0 Å². The van der Waals surface area contributed by atoms with Gasteiger partial charge in [0.05, 0.1) is 23.5 Å². The lowest BCUT2D eigenvalue weighted by atomic mass is 9.34. The number of aliphatic hydroxyl groups is 2. The molecule has 1 spiro atoms. The monoisotopic (exact) mass is 686 g/mol. The van der Waals surface area contributed by atoms with E-state index in [9.17, 15) is 19.8 Å². The smallest absolute Gasteiger partial charge is 0.331 e. The van der Waals surface area contributed by atoms with E-state index in [0.29, 0.717) is 50.4 Å². The van der Waals surface area contributed by atoms with E-state index in [-0.39, 0.29) is 42.3 Å². The molecule has 2 bridgehead atoms. The molecule has 8 nitrogen and oxygen atoms in total. The molecule has 0 amide bonds. The number of cyclic esters (lactones) is 1. The molecule has 6 aliphatic rings. The molecule has 0 aromatic heterocycles. The summed E-state index contributed by atoms with van der Waals surface area (Å²) in [6.07, 6.45) is 12.6. The molecule has 3 aliphatic heterocycles. The molecule has 3 saturated carbocycles. The summed E-state index contributed by atoms with van der Waals surface area (Å²) in [5.41, 5.74) is 4.60. The van der Waals surface area contributed by atoms with Crippen LogP contribution in [0.15, 0.2) is 42.0 Å². The molecular formula is C42H58N2O6. The Hall–Kier alpha value is -2.70. The highest BCUT2D eigenvalue weighted by atomic mass is 16.6. The summed E-state index contributed by atoms with van der Waals surface area (Å²) in [5.74, 6) is 6.61. The Kier molecular flexibility index (Phi) is 9.77. The third kappa shape index (κ3) is 5.94. The summed E-state index contributed by atoms with van der Waals surface area (Å²) < 4.78 is 12.0. The number of hydrazine groups is 1. The molecule has 4 fully saturated rings. The summed E-state index contributed by atoms with van der Waals surface area (Å²) in [4.78, 5) is 25.8. The van der Waals surface area contributed by atoms with Crippen LogP contribution in [0.1, 0.15) is 123 Å². The summed E-state index contributed by atoms with van der Waals surface area (Å²) >= 11 is 0. The Balaban J connectivity index is 1.30. The second-order valence-corrected chi connectivity index (χ2v) is 17.3.